The number of hydrogen-bond acceptors (Lipinski definition) is 4. The lowest BCUT2D eigenvalue weighted by Gasteiger charge is -2.45. The lowest BCUT2D eigenvalue weighted by molar-refractivity contribution is 0.464. The highest BCUT2D eigenvalue weighted by atomic mass is 28.3. The Kier molecular flexibility index (Phi) is 7.16. The molecule has 0 atom stereocenters. The Bertz CT molecular complexity index is 2700. The van der Waals surface area contributed by atoms with Crippen LogP contribution in [0.15, 0.2) is 188 Å². The fourth-order valence-corrected chi connectivity index (χ4v) is 14.3. The van der Waals surface area contributed by atoms with Gasteiger partial charge in [-0.3, -0.25) is 0 Å². The van der Waals surface area contributed by atoms with E-state index in [1.54, 1.807) is 0 Å². The number of fused-ring (bicyclic) bond motifs is 6. The Balaban J connectivity index is 1.06. The monoisotopic (exact) mass is 722 g/mol. The summed E-state index contributed by atoms with van der Waals surface area (Å²) < 4.78 is 13.4. The van der Waals surface area contributed by atoms with Gasteiger partial charge < -0.3 is 19.7 Å². The van der Waals surface area contributed by atoms with Crippen LogP contribution < -0.4 is 56.8 Å². The molecule has 0 aliphatic carbocycles. The van der Waals surface area contributed by atoms with Gasteiger partial charge in [-0.1, -0.05) is 133 Å². The normalized spacial score (nSPS) is 13.9. The van der Waals surface area contributed by atoms with Gasteiger partial charge in [0.05, 0.1) is 0 Å². The molecule has 260 valence electrons. The van der Waals surface area contributed by atoms with Gasteiger partial charge >= 0.3 is 0 Å². The first-order valence-corrected chi connectivity index (χ1v) is 20.9. The van der Waals surface area contributed by atoms with E-state index in [1.807, 2.05) is 6.07 Å². The van der Waals surface area contributed by atoms with Gasteiger partial charge in [0.15, 0.2) is 8.07 Å². The first kappa shape index (κ1) is 31.7. The van der Waals surface area contributed by atoms with Crippen molar-refractivity contribution in [1.29, 1.82) is 0 Å². The van der Waals surface area contributed by atoms with Crippen LogP contribution in [0.1, 0.15) is 5.56 Å². The Hall–Kier alpha value is -6.76. The van der Waals surface area contributed by atoms with E-state index in [0.29, 0.717) is 0 Å². The number of nitrogens with one attached hydrogen (secondary N) is 1. The summed E-state index contributed by atoms with van der Waals surface area (Å²) in [5.74, 6) is 3.38. The van der Waals surface area contributed by atoms with Crippen LogP contribution in [0, 0.1) is 6.92 Å². The van der Waals surface area contributed by atoms with Gasteiger partial charge in [-0.25, -0.2) is 0 Å². The first-order chi connectivity index (χ1) is 27.2. The molecule has 0 radical (unpaired) electrons. The molecule has 0 aromatic heterocycles. The molecule has 0 amide bonds. The number of nitrogens with zero attached hydrogens (tertiary/aromatic N) is 1. The van der Waals surface area contributed by atoms with Crippen LogP contribution in [0.3, 0.4) is 0 Å². The Morgan fingerprint density at radius 2 is 1.04 bits per heavy atom. The van der Waals surface area contributed by atoms with E-state index in [9.17, 15) is 0 Å². The molecule has 0 saturated heterocycles. The van der Waals surface area contributed by atoms with Crippen LogP contribution in [0.25, 0.3) is 0 Å². The Labute approximate surface area is 322 Å². The number of rotatable bonds is 5. The molecule has 55 heavy (non-hydrogen) atoms. The van der Waals surface area contributed by atoms with Crippen LogP contribution >= 0.6 is 0 Å². The maximum absolute atomic E-state index is 6.83. The van der Waals surface area contributed by atoms with Crippen molar-refractivity contribution >= 4 is 80.4 Å². The molecule has 0 fully saturated rings. The third kappa shape index (κ3) is 4.78. The molecular weight excluding hydrogens is 687 g/mol. The molecule has 1 N–H and O–H groups in total. The number of ether oxygens (including phenoxy) is 2. The molecule has 0 spiro atoms. The SMILES string of the molecule is Cc1ccccc1Nc1ccc2c(c1)Oc1cccc3c1B2c1ccc(N2c4ccccc4[Si](c4ccccc4)(c4ccccc4)c4ccccc42)cc1O3. The number of para-hydroxylation sites is 3. The fourth-order valence-electron chi connectivity index (χ4n) is 9.19. The minimum Gasteiger partial charge on any atom is -0.458 e. The van der Waals surface area contributed by atoms with E-state index in [0.717, 1.165) is 56.4 Å². The first-order valence-electron chi connectivity index (χ1n) is 18.9. The van der Waals surface area contributed by atoms with Crippen LogP contribution in [0.2, 0.25) is 0 Å². The molecule has 4 nitrogen and oxygen atoms in total. The highest BCUT2D eigenvalue weighted by Gasteiger charge is 2.49. The molecule has 8 aromatic carbocycles. The summed E-state index contributed by atoms with van der Waals surface area (Å²) in [5.41, 5.74) is 10.1. The minimum absolute atomic E-state index is 0.0302. The van der Waals surface area contributed by atoms with E-state index in [4.69, 9.17) is 9.47 Å². The van der Waals surface area contributed by atoms with E-state index >= 15 is 0 Å². The lowest BCUT2D eigenvalue weighted by atomic mass is 9.35. The summed E-state index contributed by atoms with van der Waals surface area (Å²) in [5, 5.41) is 9.09. The molecular formula is C49H35BN2O2Si. The van der Waals surface area contributed by atoms with Gasteiger partial charge in [0, 0.05) is 46.0 Å². The average molecular weight is 723 g/mol. The molecule has 3 heterocycles. The topological polar surface area (TPSA) is 33.7 Å². The van der Waals surface area contributed by atoms with Crippen molar-refractivity contribution in [3.8, 4) is 23.0 Å². The number of anilines is 5. The Morgan fingerprint density at radius 3 is 1.67 bits per heavy atom. The highest BCUT2D eigenvalue weighted by molar-refractivity contribution is 7.21. The summed E-state index contributed by atoms with van der Waals surface area (Å²) in [4.78, 5) is 2.44. The van der Waals surface area contributed by atoms with Crippen LogP contribution in [-0.4, -0.2) is 14.8 Å². The summed E-state index contributed by atoms with van der Waals surface area (Å²) in [6, 6.07) is 68.1. The van der Waals surface area contributed by atoms with Gasteiger partial charge in [-0.15, -0.1) is 0 Å². The maximum Gasteiger partial charge on any atom is 0.260 e. The van der Waals surface area contributed by atoms with Crippen molar-refractivity contribution in [3.05, 3.63) is 194 Å². The largest absolute Gasteiger partial charge is 0.458 e. The highest BCUT2D eigenvalue weighted by Crippen LogP contribution is 2.41. The molecule has 0 unspecified atom stereocenters. The predicted molar refractivity (Wildman–Crippen MR) is 230 cm³/mol. The summed E-state index contributed by atoms with van der Waals surface area (Å²) in [6.45, 7) is 2.09. The van der Waals surface area contributed by atoms with Gasteiger partial charge in [0.2, 0.25) is 0 Å². The summed E-state index contributed by atoms with van der Waals surface area (Å²) in [7, 11) is -2.71. The third-order valence-corrected chi connectivity index (χ3v) is 16.4. The number of benzene rings is 8. The zero-order valence-corrected chi connectivity index (χ0v) is 31.2. The summed E-state index contributed by atoms with van der Waals surface area (Å²) >= 11 is 0. The predicted octanol–water partition coefficient (Wildman–Crippen LogP) is 7.63. The number of aryl methyl sites for hydroxylation is 1. The second-order valence-electron chi connectivity index (χ2n) is 14.6. The smallest absolute Gasteiger partial charge is 0.260 e. The molecule has 0 bridgehead atoms. The van der Waals surface area contributed by atoms with Gasteiger partial charge in [0.25, 0.3) is 6.71 Å². The van der Waals surface area contributed by atoms with Crippen LogP contribution in [0.5, 0.6) is 23.0 Å². The van der Waals surface area contributed by atoms with Crippen LogP contribution in [0.4, 0.5) is 28.4 Å². The zero-order chi connectivity index (χ0) is 36.5. The molecule has 8 aromatic rings. The van der Waals surface area contributed by atoms with Crippen molar-refractivity contribution in [2.75, 3.05) is 10.2 Å². The average Bonchev–Trinajstić information content (AvgIpc) is 3.24. The van der Waals surface area contributed by atoms with Crippen molar-refractivity contribution in [2.24, 2.45) is 0 Å². The van der Waals surface area contributed by atoms with Gasteiger partial charge in [-0.2, -0.15) is 0 Å². The van der Waals surface area contributed by atoms with Crippen molar-refractivity contribution in [1.82, 2.24) is 0 Å². The molecule has 6 heteroatoms. The second-order valence-corrected chi connectivity index (χ2v) is 18.3. The van der Waals surface area contributed by atoms with Gasteiger partial charge in [-0.05, 0) is 86.6 Å². The van der Waals surface area contributed by atoms with Crippen molar-refractivity contribution in [2.45, 2.75) is 6.92 Å². The molecule has 3 aliphatic rings. The lowest BCUT2D eigenvalue weighted by Crippen LogP contribution is -2.77. The quantitative estimate of drug-likeness (QED) is 0.186. The van der Waals surface area contributed by atoms with E-state index in [1.165, 1.54) is 37.7 Å². The fraction of sp³-hybridized carbons (Fsp3) is 0.0204. The van der Waals surface area contributed by atoms with Gasteiger partial charge in [0.1, 0.15) is 23.0 Å². The van der Waals surface area contributed by atoms with E-state index < -0.39 is 8.07 Å². The maximum atomic E-state index is 6.83. The molecule has 3 aliphatic heterocycles. The zero-order valence-electron chi connectivity index (χ0n) is 30.2. The summed E-state index contributed by atoms with van der Waals surface area (Å²) in [6.07, 6.45) is 0. The van der Waals surface area contributed by atoms with E-state index in [2.05, 4.69) is 199 Å². The molecule has 0 saturated carbocycles. The third-order valence-electron chi connectivity index (χ3n) is 11.6. The number of hydrogen-bond donors (Lipinski definition) is 1. The van der Waals surface area contributed by atoms with Crippen LogP contribution in [-0.2, 0) is 0 Å². The standard InChI is InChI=1S/C49H35BN2O2Si/c1-33-15-8-9-20-40(33)51-34-27-29-38-45(31-34)53-43-23-14-24-44-49(43)50(38)39-30-28-35(32-46(39)54-44)52-41-21-10-12-25-47(41)55(36-16-4-2-5-17-36,37-18-6-3-7-19-37)48-26-13-11-22-42(48)52/h2-32,51H,1H3. The van der Waals surface area contributed by atoms with Crippen molar-refractivity contribution < 1.29 is 9.47 Å². The Morgan fingerprint density at radius 1 is 0.491 bits per heavy atom. The minimum atomic E-state index is -2.71. The second kappa shape index (κ2) is 12.4. The van der Waals surface area contributed by atoms with E-state index in [-0.39, 0.29) is 6.71 Å². The molecule has 11 rings (SSSR count). The van der Waals surface area contributed by atoms with Crippen molar-refractivity contribution in [3.63, 3.8) is 0 Å².